The van der Waals surface area contributed by atoms with E-state index < -0.39 is 0 Å². The van der Waals surface area contributed by atoms with Crippen LogP contribution in [0.25, 0.3) is 5.32 Å². The van der Waals surface area contributed by atoms with E-state index in [4.69, 9.17) is 5.73 Å². The van der Waals surface area contributed by atoms with Gasteiger partial charge in [-0.3, -0.25) is 4.79 Å². The molecule has 0 aliphatic carbocycles. The van der Waals surface area contributed by atoms with Gasteiger partial charge in [0, 0.05) is 6.04 Å². The number of carbonyl (C=O) groups excluding carboxylic acids is 1. The summed E-state index contributed by atoms with van der Waals surface area (Å²) in [5.74, 6) is -0.222. The van der Waals surface area contributed by atoms with Gasteiger partial charge in [0.15, 0.2) is 0 Å². The zero-order valence-electron chi connectivity index (χ0n) is 10.5. The number of amides is 1. The van der Waals surface area contributed by atoms with Crippen molar-refractivity contribution in [2.75, 3.05) is 13.1 Å². The summed E-state index contributed by atoms with van der Waals surface area (Å²) in [5, 5.41) is 7.69. The molecule has 0 spiro atoms. The van der Waals surface area contributed by atoms with Crippen molar-refractivity contribution in [1.82, 2.24) is 5.32 Å². The van der Waals surface area contributed by atoms with Crippen LogP contribution in [0.1, 0.15) is 39.0 Å². The minimum Gasteiger partial charge on any atom is -0.662 e. The van der Waals surface area contributed by atoms with E-state index in [2.05, 4.69) is 17.6 Å². The molecule has 3 N–H and O–H groups in total. The summed E-state index contributed by atoms with van der Waals surface area (Å²) in [5.41, 5.74) is 5.23. The van der Waals surface area contributed by atoms with Gasteiger partial charge >= 0.3 is 51.4 Å². The van der Waals surface area contributed by atoms with Crippen molar-refractivity contribution in [3.63, 3.8) is 0 Å². The zero-order chi connectivity index (χ0) is 11.1. The van der Waals surface area contributed by atoms with E-state index >= 15 is 0 Å². The topological polar surface area (TPSA) is 69.2 Å². The van der Waals surface area contributed by atoms with Crippen molar-refractivity contribution in [3.8, 4) is 0 Å². The molecule has 0 aromatic rings. The maximum absolute atomic E-state index is 10.9. The Morgan fingerprint density at radius 1 is 1.44 bits per heavy atom. The summed E-state index contributed by atoms with van der Waals surface area (Å²) in [4.78, 5) is 10.9. The van der Waals surface area contributed by atoms with Crippen LogP contribution in [-0.2, 0) is 4.79 Å². The molecule has 2 unspecified atom stereocenters. The van der Waals surface area contributed by atoms with Crippen LogP contribution in [0, 0.1) is 0 Å². The number of primary amides is 1. The minimum atomic E-state index is -0.222. The first-order chi connectivity index (χ1) is 7.24. The van der Waals surface area contributed by atoms with Crippen LogP contribution in [0.5, 0.6) is 0 Å². The van der Waals surface area contributed by atoms with Crippen LogP contribution in [0.2, 0.25) is 0 Å². The number of hydrogen-bond donors (Lipinski definition) is 2. The first kappa shape index (κ1) is 17.0. The molecule has 16 heavy (non-hydrogen) atoms. The van der Waals surface area contributed by atoms with Crippen molar-refractivity contribution >= 4 is 5.91 Å². The van der Waals surface area contributed by atoms with Gasteiger partial charge in [0.25, 0.3) is 0 Å². The first-order valence-corrected chi connectivity index (χ1v) is 5.92. The van der Waals surface area contributed by atoms with Gasteiger partial charge in [-0.05, 0) is 12.8 Å². The largest absolute Gasteiger partial charge is 1.00 e. The second-order valence-corrected chi connectivity index (χ2v) is 4.21. The molecule has 5 heteroatoms. The Morgan fingerprint density at radius 2 is 2.19 bits per heavy atom. The molecule has 0 aromatic carbocycles. The maximum Gasteiger partial charge on any atom is 1.00 e. The second kappa shape index (κ2) is 10.00. The molecule has 1 heterocycles. The zero-order valence-corrected chi connectivity index (χ0v) is 13.7. The summed E-state index contributed by atoms with van der Waals surface area (Å²) in [6, 6.07) is 0.332. The number of unbranched alkanes of at least 4 members (excludes halogenated alkanes) is 1. The molecule has 1 aliphatic rings. The summed E-state index contributed by atoms with van der Waals surface area (Å²) in [7, 11) is 0. The Morgan fingerprint density at radius 3 is 2.75 bits per heavy atom. The smallest absolute Gasteiger partial charge is 0.662 e. The number of rotatable bonds is 7. The Kier molecular flexibility index (Phi) is 10.6. The molecule has 1 saturated heterocycles. The monoisotopic (exact) mass is 251 g/mol. The van der Waals surface area contributed by atoms with Crippen molar-refractivity contribution in [2.45, 2.75) is 51.1 Å². The van der Waals surface area contributed by atoms with Crippen LogP contribution in [0.3, 0.4) is 0 Å². The number of nitrogens with zero attached hydrogens (tertiary/aromatic N) is 1. The Hall–Kier alpha value is 1.03. The molecule has 1 amide bonds. The number of nitrogens with two attached hydrogens (primary N) is 1. The second-order valence-electron chi connectivity index (χ2n) is 4.21. The minimum absolute atomic E-state index is 0. The Bertz CT molecular complexity index is 202. The van der Waals surface area contributed by atoms with Gasteiger partial charge < -0.3 is 16.4 Å². The molecular weight excluding hydrogens is 229 g/mol. The standard InChI is InChI=1S/C11H22N3O.K/c1-2-3-7-13-8-6-9-4-5-10(14-9)11(12)15;/h9-10,14H,2-8H2,1H3,(H2,12,15);/q-1;+1. The average molecular weight is 251 g/mol. The fourth-order valence-corrected chi connectivity index (χ4v) is 1.90. The summed E-state index contributed by atoms with van der Waals surface area (Å²) < 4.78 is 0. The van der Waals surface area contributed by atoms with Crippen molar-refractivity contribution < 1.29 is 56.2 Å². The summed E-state index contributed by atoms with van der Waals surface area (Å²) in [6.07, 6.45) is 5.36. The third kappa shape index (κ3) is 6.69. The van der Waals surface area contributed by atoms with E-state index in [1.165, 1.54) is 12.8 Å². The van der Waals surface area contributed by atoms with Gasteiger partial charge in [0.2, 0.25) is 5.91 Å². The third-order valence-electron chi connectivity index (χ3n) is 2.89. The fraction of sp³-hybridized carbons (Fsp3) is 0.909. The molecule has 0 aromatic heterocycles. The molecule has 0 radical (unpaired) electrons. The quantitative estimate of drug-likeness (QED) is 0.412. The van der Waals surface area contributed by atoms with Gasteiger partial charge in [-0.25, -0.2) is 0 Å². The normalized spacial score (nSPS) is 24.1. The number of carbonyl (C=O) groups is 1. The van der Waals surface area contributed by atoms with Crippen molar-refractivity contribution in [3.05, 3.63) is 5.32 Å². The van der Waals surface area contributed by atoms with Crippen LogP contribution in [0.4, 0.5) is 0 Å². The Labute approximate surface area is 141 Å². The maximum atomic E-state index is 10.9. The molecule has 1 aliphatic heterocycles. The predicted octanol–water partition coefficient (Wildman–Crippen LogP) is -1.84. The van der Waals surface area contributed by atoms with Gasteiger partial charge in [-0.2, -0.15) is 0 Å². The van der Waals surface area contributed by atoms with E-state index in [0.29, 0.717) is 6.04 Å². The molecule has 0 saturated carbocycles. The van der Waals surface area contributed by atoms with E-state index in [1.54, 1.807) is 0 Å². The molecule has 0 bridgehead atoms. The fourth-order valence-electron chi connectivity index (χ4n) is 1.90. The summed E-state index contributed by atoms with van der Waals surface area (Å²) in [6.45, 7) is 4.05. The van der Waals surface area contributed by atoms with Gasteiger partial charge in [0.05, 0.1) is 6.04 Å². The molecule has 1 rings (SSSR count). The van der Waals surface area contributed by atoms with E-state index in [-0.39, 0.29) is 63.3 Å². The van der Waals surface area contributed by atoms with E-state index in [9.17, 15) is 4.79 Å². The van der Waals surface area contributed by atoms with Gasteiger partial charge in [-0.15, -0.1) is 13.1 Å². The molecule has 4 nitrogen and oxygen atoms in total. The number of hydrogen-bond acceptors (Lipinski definition) is 2. The van der Waals surface area contributed by atoms with E-state index in [1.807, 2.05) is 0 Å². The van der Waals surface area contributed by atoms with Gasteiger partial charge in [-0.1, -0.05) is 26.2 Å². The van der Waals surface area contributed by atoms with Crippen molar-refractivity contribution in [1.29, 1.82) is 0 Å². The van der Waals surface area contributed by atoms with E-state index in [0.717, 1.165) is 32.4 Å². The number of nitrogens with one attached hydrogen (secondary N) is 1. The van der Waals surface area contributed by atoms with Gasteiger partial charge in [0.1, 0.15) is 0 Å². The Balaban J connectivity index is 0.00000225. The summed E-state index contributed by atoms with van der Waals surface area (Å²) >= 11 is 0. The third-order valence-corrected chi connectivity index (χ3v) is 2.89. The average Bonchev–Trinajstić information content (AvgIpc) is 2.66. The van der Waals surface area contributed by atoms with Crippen LogP contribution in [0.15, 0.2) is 0 Å². The van der Waals surface area contributed by atoms with Crippen LogP contribution in [-0.4, -0.2) is 31.1 Å². The van der Waals surface area contributed by atoms with Crippen LogP contribution < -0.4 is 62.4 Å². The molecule has 88 valence electrons. The predicted molar refractivity (Wildman–Crippen MR) is 61.8 cm³/mol. The first-order valence-electron chi connectivity index (χ1n) is 5.92. The van der Waals surface area contributed by atoms with Crippen molar-refractivity contribution in [2.24, 2.45) is 5.73 Å². The molecule has 1 fully saturated rings. The molecular formula is C11H22KN3O. The SMILES string of the molecule is CCCC[N-]CCC1CCC(C(N)=O)N1.[K+]. The van der Waals surface area contributed by atoms with Crippen LogP contribution >= 0.6 is 0 Å². The molecule has 2 atom stereocenters.